The van der Waals surface area contributed by atoms with Crippen molar-refractivity contribution in [2.45, 2.75) is 19.3 Å². The summed E-state index contributed by atoms with van der Waals surface area (Å²) in [5, 5.41) is 11.5. The molecule has 2 unspecified atom stereocenters. The summed E-state index contributed by atoms with van der Waals surface area (Å²) in [5.74, 6) is 1.16. The highest BCUT2D eigenvalue weighted by Gasteiger charge is 2.47. The molecule has 0 aromatic heterocycles. The topological polar surface area (TPSA) is 75.6 Å². The molecule has 20 heavy (non-hydrogen) atoms. The van der Waals surface area contributed by atoms with E-state index in [-0.39, 0.29) is 18.4 Å². The monoisotopic (exact) mass is 275 g/mol. The molecule has 5 nitrogen and oxygen atoms in total. The Labute approximate surface area is 116 Å². The van der Waals surface area contributed by atoms with Gasteiger partial charge >= 0.3 is 5.97 Å². The second-order valence-corrected chi connectivity index (χ2v) is 5.62. The minimum atomic E-state index is -1.02. The van der Waals surface area contributed by atoms with Crippen molar-refractivity contribution in [1.29, 1.82) is 0 Å². The molecule has 1 amide bonds. The van der Waals surface area contributed by atoms with Crippen LogP contribution >= 0.6 is 0 Å². The van der Waals surface area contributed by atoms with Crippen LogP contribution in [0.25, 0.3) is 0 Å². The zero-order chi connectivity index (χ0) is 14.1. The quantitative estimate of drug-likeness (QED) is 0.863. The number of benzene rings is 1. The lowest BCUT2D eigenvalue weighted by atomic mass is 10.0. The number of hydrogen-bond donors (Lipinski definition) is 2. The highest BCUT2D eigenvalue weighted by atomic mass is 16.5. The van der Waals surface area contributed by atoms with Crippen molar-refractivity contribution >= 4 is 17.6 Å². The van der Waals surface area contributed by atoms with Gasteiger partial charge in [0.15, 0.2) is 6.61 Å². The van der Waals surface area contributed by atoms with Crippen LogP contribution in [0.3, 0.4) is 0 Å². The van der Waals surface area contributed by atoms with Gasteiger partial charge in [0.2, 0.25) is 5.91 Å². The maximum atomic E-state index is 12.1. The van der Waals surface area contributed by atoms with Gasteiger partial charge in [-0.1, -0.05) is 6.07 Å². The molecule has 106 valence electrons. The largest absolute Gasteiger partial charge is 0.482 e. The summed E-state index contributed by atoms with van der Waals surface area (Å²) in [5.41, 5.74) is 0.651. The van der Waals surface area contributed by atoms with Gasteiger partial charge in [-0.2, -0.15) is 0 Å². The maximum absolute atomic E-state index is 12.1. The van der Waals surface area contributed by atoms with Gasteiger partial charge in [0.25, 0.3) is 0 Å². The Bertz CT molecular complexity index is 532. The molecule has 0 bridgehead atoms. The summed E-state index contributed by atoms with van der Waals surface area (Å²) in [6, 6.07) is 6.83. The number of carboxylic acids is 1. The number of carbonyl (C=O) groups is 2. The minimum Gasteiger partial charge on any atom is -0.482 e. The zero-order valence-corrected chi connectivity index (χ0v) is 11.0. The lowest BCUT2D eigenvalue weighted by Crippen LogP contribution is -2.21. The molecule has 0 spiro atoms. The molecule has 1 aromatic carbocycles. The van der Waals surface area contributed by atoms with E-state index in [9.17, 15) is 9.59 Å². The first-order valence-corrected chi connectivity index (χ1v) is 6.87. The van der Waals surface area contributed by atoms with Crippen LogP contribution in [0.5, 0.6) is 5.75 Å². The molecule has 2 fully saturated rings. The van der Waals surface area contributed by atoms with E-state index < -0.39 is 5.97 Å². The van der Waals surface area contributed by atoms with E-state index in [0.717, 1.165) is 24.7 Å². The number of hydrogen-bond acceptors (Lipinski definition) is 3. The lowest BCUT2D eigenvalue weighted by molar-refractivity contribution is -0.139. The lowest BCUT2D eigenvalue weighted by Gasteiger charge is -2.13. The maximum Gasteiger partial charge on any atom is 0.341 e. The number of carboxylic acid groups (broad SMARTS) is 1. The number of fused-ring (bicyclic) bond motifs is 1. The van der Waals surface area contributed by atoms with Crippen molar-refractivity contribution in [3.63, 3.8) is 0 Å². The van der Waals surface area contributed by atoms with Gasteiger partial charge in [-0.15, -0.1) is 0 Å². The molecule has 0 radical (unpaired) electrons. The van der Waals surface area contributed by atoms with Gasteiger partial charge in [0.1, 0.15) is 5.75 Å². The number of amides is 1. The highest BCUT2D eigenvalue weighted by molar-refractivity contribution is 5.93. The molecule has 0 aliphatic heterocycles. The van der Waals surface area contributed by atoms with E-state index in [1.54, 1.807) is 24.3 Å². The first-order chi connectivity index (χ1) is 9.61. The van der Waals surface area contributed by atoms with Crippen LogP contribution in [0.4, 0.5) is 5.69 Å². The molecule has 1 aromatic rings. The molecule has 0 saturated heterocycles. The molecule has 2 N–H and O–H groups in total. The number of carbonyl (C=O) groups excluding carboxylic acids is 1. The first kappa shape index (κ1) is 13.0. The Morgan fingerprint density at radius 3 is 2.70 bits per heavy atom. The van der Waals surface area contributed by atoms with Gasteiger partial charge < -0.3 is 15.2 Å². The summed E-state index contributed by atoms with van der Waals surface area (Å²) < 4.78 is 5.09. The Hall–Kier alpha value is -2.04. The van der Waals surface area contributed by atoms with Gasteiger partial charge in [-0.05, 0) is 43.2 Å². The van der Waals surface area contributed by atoms with E-state index in [1.807, 2.05) is 0 Å². The number of nitrogens with one attached hydrogen (secondary N) is 1. The van der Waals surface area contributed by atoms with E-state index in [2.05, 4.69) is 5.32 Å². The van der Waals surface area contributed by atoms with Crippen molar-refractivity contribution in [2.24, 2.45) is 17.8 Å². The van der Waals surface area contributed by atoms with E-state index in [1.165, 1.54) is 6.42 Å². The summed E-state index contributed by atoms with van der Waals surface area (Å²) in [6.07, 6.45) is 3.31. The van der Waals surface area contributed by atoms with Crippen molar-refractivity contribution in [2.75, 3.05) is 11.9 Å². The fourth-order valence-corrected chi connectivity index (χ4v) is 2.98. The highest BCUT2D eigenvalue weighted by Crippen LogP contribution is 2.54. The van der Waals surface area contributed by atoms with Crippen LogP contribution in [0.2, 0.25) is 0 Å². The van der Waals surface area contributed by atoms with Gasteiger partial charge in [0.05, 0.1) is 0 Å². The SMILES string of the molecule is O=C(O)COc1cccc(NC(=O)C2CC3CC3C2)c1. The van der Waals surface area contributed by atoms with Crippen molar-refractivity contribution in [3.8, 4) is 5.75 Å². The Morgan fingerprint density at radius 2 is 2.00 bits per heavy atom. The van der Waals surface area contributed by atoms with E-state index in [4.69, 9.17) is 9.84 Å². The van der Waals surface area contributed by atoms with Crippen LogP contribution in [0.1, 0.15) is 19.3 Å². The van der Waals surface area contributed by atoms with Crippen molar-refractivity contribution < 1.29 is 19.4 Å². The summed E-state index contributed by atoms with van der Waals surface area (Å²) in [7, 11) is 0. The molecule has 2 atom stereocenters. The number of rotatable bonds is 5. The zero-order valence-electron chi connectivity index (χ0n) is 11.0. The molecule has 2 aliphatic rings. The molecule has 0 heterocycles. The third-order valence-corrected chi connectivity index (χ3v) is 4.08. The fraction of sp³-hybridized carbons (Fsp3) is 0.467. The Kier molecular flexibility index (Phi) is 3.34. The molecule has 5 heteroatoms. The number of aliphatic carboxylic acids is 1. The van der Waals surface area contributed by atoms with Crippen LogP contribution in [-0.2, 0) is 9.59 Å². The van der Waals surface area contributed by atoms with Crippen LogP contribution in [0, 0.1) is 17.8 Å². The number of anilines is 1. The Balaban J connectivity index is 1.57. The molecule has 2 aliphatic carbocycles. The van der Waals surface area contributed by atoms with Crippen molar-refractivity contribution in [1.82, 2.24) is 0 Å². The van der Waals surface area contributed by atoms with Gasteiger partial charge in [0, 0.05) is 17.7 Å². The second-order valence-electron chi connectivity index (χ2n) is 5.62. The third kappa shape index (κ3) is 2.92. The summed E-state index contributed by atoms with van der Waals surface area (Å²) in [4.78, 5) is 22.6. The second kappa shape index (κ2) is 5.15. The first-order valence-electron chi connectivity index (χ1n) is 6.87. The molecule has 2 saturated carbocycles. The van der Waals surface area contributed by atoms with E-state index in [0.29, 0.717) is 11.4 Å². The van der Waals surface area contributed by atoms with Crippen LogP contribution in [-0.4, -0.2) is 23.6 Å². The molecular weight excluding hydrogens is 258 g/mol. The van der Waals surface area contributed by atoms with Gasteiger partial charge in [-0.3, -0.25) is 4.79 Å². The summed E-state index contributed by atoms with van der Waals surface area (Å²) in [6.45, 7) is -0.386. The summed E-state index contributed by atoms with van der Waals surface area (Å²) >= 11 is 0. The smallest absolute Gasteiger partial charge is 0.341 e. The average molecular weight is 275 g/mol. The molecular formula is C15H17NO4. The number of ether oxygens (including phenoxy) is 1. The van der Waals surface area contributed by atoms with Crippen molar-refractivity contribution in [3.05, 3.63) is 24.3 Å². The third-order valence-electron chi connectivity index (χ3n) is 4.08. The predicted molar refractivity (Wildman–Crippen MR) is 72.5 cm³/mol. The fourth-order valence-electron chi connectivity index (χ4n) is 2.98. The van der Waals surface area contributed by atoms with E-state index >= 15 is 0 Å². The van der Waals surface area contributed by atoms with Crippen LogP contribution in [0.15, 0.2) is 24.3 Å². The predicted octanol–water partition coefficient (Wildman–Crippen LogP) is 2.13. The molecule has 3 rings (SSSR count). The van der Waals surface area contributed by atoms with Gasteiger partial charge in [-0.25, -0.2) is 4.79 Å². The Morgan fingerprint density at radius 1 is 1.25 bits per heavy atom. The standard InChI is InChI=1S/C15H17NO4/c17-14(18)8-20-13-3-1-2-12(7-13)16-15(19)11-5-9-4-10(9)6-11/h1-3,7,9-11H,4-6,8H2,(H,16,19)(H,17,18). The average Bonchev–Trinajstić information content (AvgIpc) is 3.03. The normalized spacial score (nSPS) is 26.7. The van der Waals surface area contributed by atoms with Crippen LogP contribution < -0.4 is 10.1 Å². The minimum absolute atomic E-state index is 0.0626.